The number of benzene rings is 1. The molecule has 94 valence electrons. The predicted octanol–water partition coefficient (Wildman–Crippen LogP) is 1.68. The highest BCUT2D eigenvalue weighted by atomic mass is 19.1. The summed E-state index contributed by atoms with van der Waals surface area (Å²) in [6, 6.07) is 4.20. The Morgan fingerprint density at radius 3 is 2.71 bits per heavy atom. The van der Waals surface area contributed by atoms with Crippen molar-refractivity contribution in [3.05, 3.63) is 29.6 Å². The summed E-state index contributed by atoms with van der Waals surface area (Å²) in [6.45, 7) is 1.46. The zero-order chi connectivity index (χ0) is 12.5. The van der Waals surface area contributed by atoms with E-state index in [1.165, 1.54) is 18.2 Å². The van der Waals surface area contributed by atoms with Gasteiger partial charge in [0, 0.05) is 7.11 Å². The second-order valence-electron chi connectivity index (χ2n) is 3.23. The van der Waals surface area contributed by atoms with Gasteiger partial charge in [0.2, 0.25) is 0 Å². The van der Waals surface area contributed by atoms with Gasteiger partial charge in [-0.25, -0.2) is 4.39 Å². The molecule has 0 aliphatic heterocycles. The number of hydrogen-bond acceptors (Lipinski definition) is 4. The lowest BCUT2D eigenvalue weighted by Gasteiger charge is -2.09. The lowest BCUT2D eigenvalue weighted by Crippen LogP contribution is -2.11. The highest BCUT2D eigenvalue weighted by Crippen LogP contribution is 2.20. The molecule has 0 spiro atoms. The van der Waals surface area contributed by atoms with Gasteiger partial charge in [0.05, 0.1) is 25.4 Å². The number of aldehydes is 1. The molecule has 0 heterocycles. The monoisotopic (exact) mass is 242 g/mol. The van der Waals surface area contributed by atoms with E-state index in [0.29, 0.717) is 26.1 Å². The van der Waals surface area contributed by atoms with Crippen LogP contribution in [0.5, 0.6) is 5.75 Å². The molecule has 4 nitrogen and oxygen atoms in total. The van der Waals surface area contributed by atoms with Crippen LogP contribution in [-0.4, -0.2) is 39.8 Å². The van der Waals surface area contributed by atoms with E-state index in [1.807, 2.05) is 0 Å². The van der Waals surface area contributed by atoms with E-state index in [4.69, 9.17) is 14.2 Å². The van der Waals surface area contributed by atoms with E-state index in [-0.39, 0.29) is 17.9 Å². The van der Waals surface area contributed by atoms with E-state index >= 15 is 0 Å². The number of para-hydroxylation sites is 1. The molecule has 1 rings (SSSR count). The molecule has 0 bridgehead atoms. The molecular weight excluding hydrogens is 227 g/mol. The Morgan fingerprint density at radius 2 is 2.00 bits per heavy atom. The van der Waals surface area contributed by atoms with Crippen LogP contribution in [0.25, 0.3) is 0 Å². The highest BCUT2D eigenvalue weighted by Gasteiger charge is 2.08. The number of ether oxygens (including phenoxy) is 3. The van der Waals surface area contributed by atoms with Gasteiger partial charge in [0.15, 0.2) is 17.9 Å². The van der Waals surface area contributed by atoms with Gasteiger partial charge < -0.3 is 14.2 Å². The molecular formula is C12H15FO4. The van der Waals surface area contributed by atoms with Crippen LogP contribution in [-0.2, 0) is 9.47 Å². The molecule has 0 aromatic heterocycles. The van der Waals surface area contributed by atoms with Gasteiger partial charge in [0.1, 0.15) is 6.61 Å². The summed E-state index contributed by atoms with van der Waals surface area (Å²) in [7, 11) is 1.58. The molecule has 1 aromatic carbocycles. The van der Waals surface area contributed by atoms with Crippen LogP contribution in [0.15, 0.2) is 18.2 Å². The molecule has 0 amide bonds. The molecule has 0 radical (unpaired) electrons. The molecule has 0 N–H and O–H groups in total. The summed E-state index contributed by atoms with van der Waals surface area (Å²) in [5.74, 6) is -0.579. The lowest BCUT2D eigenvalue weighted by atomic mass is 10.2. The molecule has 0 aliphatic carbocycles. The van der Waals surface area contributed by atoms with Crippen LogP contribution in [0.1, 0.15) is 10.4 Å². The minimum Gasteiger partial charge on any atom is -0.487 e. The van der Waals surface area contributed by atoms with Crippen molar-refractivity contribution >= 4 is 6.29 Å². The zero-order valence-corrected chi connectivity index (χ0v) is 9.65. The van der Waals surface area contributed by atoms with Gasteiger partial charge in [-0.3, -0.25) is 4.79 Å². The summed E-state index contributed by atoms with van der Waals surface area (Å²) in [5, 5.41) is 0. The van der Waals surface area contributed by atoms with Gasteiger partial charge in [-0.05, 0) is 12.1 Å². The first kappa shape index (κ1) is 13.6. The fourth-order valence-corrected chi connectivity index (χ4v) is 1.22. The maximum absolute atomic E-state index is 13.3. The van der Waals surface area contributed by atoms with Crippen LogP contribution < -0.4 is 4.74 Å². The van der Waals surface area contributed by atoms with E-state index in [9.17, 15) is 9.18 Å². The van der Waals surface area contributed by atoms with Crippen LogP contribution in [0, 0.1) is 5.82 Å². The number of carbonyl (C=O) groups is 1. The van der Waals surface area contributed by atoms with Gasteiger partial charge >= 0.3 is 0 Å². The van der Waals surface area contributed by atoms with Gasteiger partial charge in [-0.2, -0.15) is 0 Å². The molecule has 0 aliphatic rings. The van der Waals surface area contributed by atoms with Gasteiger partial charge in [-0.15, -0.1) is 0 Å². The summed E-state index contributed by atoms with van der Waals surface area (Å²) < 4.78 is 28.4. The van der Waals surface area contributed by atoms with E-state index in [2.05, 4.69) is 0 Å². The quantitative estimate of drug-likeness (QED) is 0.514. The number of carbonyl (C=O) groups excluding carboxylic acids is 1. The minimum absolute atomic E-state index is 0.0298. The molecule has 0 fully saturated rings. The Bertz CT molecular complexity index is 354. The Hall–Kier alpha value is -1.46. The third-order valence-corrected chi connectivity index (χ3v) is 2.03. The highest BCUT2D eigenvalue weighted by molar-refractivity contribution is 5.79. The predicted molar refractivity (Wildman–Crippen MR) is 60.0 cm³/mol. The van der Waals surface area contributed by atoms with Crippen molar-refractivity contribution in [1.82, 2.24) is 0 Å². The number of hydrogen-bond donors (Lipinski definition) is 0. The molecule has 0 saturated carbocycles. The van der Waals surface area contributed by atoms with Crippen molar-refractivity contribution in [1.29, 1.82) is 0 Å². The van der Waals surface area contributed by atoms with Gasteiger partial charge in [0.25, 0.3) is 0 Å². The summed E-state index contributed by atoms with van der Waals surface area (Å²) in [6.07, 6.45) is 0.560. The fourth-order valence-electron chi connectivity index (χ4n) is 1.22. The summed E-state index contributed by atoms with van der Waals surface area (Å²) >= 11 is 0. The first-order valence-electron chi connectivity index (χ1n) is 5.22. The first-order chi connectivity index (χ1) is 8.29. The van der Waals surface area contributed by atoms with E-state index < -0.39 is 5.82 Å². The van der Waals surface area contributed by atoms with Crippen molar-refractivity contribution in [3.8, 4) is 5.75 Å². The molecule has 0 unspecified atom stereocenters. The van der Waals surface area contributed by atoms with Crippen LogP contribution in [0.2, 0.25) is 0 Å². The molecule has 17 heavy (non-hydrogen) atoms. The third kappa shape index (κ3) is 4.50. The number of methoxy groups -OCH3 is 1. The van der Waals surface area contributed by atoms with Gasteiger partial charge in [-0.1, -0.05) is 6.07 Å². The SMILES string of the molecule is COCCOCCOc1c(F)cccc1C=O. The summed E-state index contributed by atoms with van der Waals surface area (Å²) in [4.78, 5) is 10.7. The zero-order valence-electron chi connectivity index (χ0n) is 9.65. The second kappa shape index (κ2) is 7.76. The smallest absolute Gasteiger partial charge is 0.165 e. The fraction of sp³-hybridized carbons (Fsp3) is 0.417. The lowest BCUT2D eigenvalue weighted by molar-refractivity contribution is 0.0536. The molecule has 0 atom stereocenters. The Labute approximate surface area is 99.3 Å². The Balaban J connectivity index is 2.38. The van der Waals surface area contributed by atoms with Crippen LogP contribution in [0.3, 0.4) is 0 Å². The average molecular weight is 242 g/mol. The number of halogens is 1. The average Bonchev–Trinajstić information content (AvgIpc) is 2.35. The van der Waals surface area contributed by atoms with Crippen molar-refractivity contribution in [2.75, 3.05) is 33.5 Å². The normalized spacial score (nSPS) is 10.2. The Kier molecular flexibility index (Phi) is 6.21. The van der Waals surface area contributed by atoms with Crippen molar-refractivity contribution < 1.29 is 23.4 Å². The topological polar surface area (TPSA) is 44.8 Å². The van der Waals surface area contributed by atoms with E-state index in [1.54, 1.807) is 7.11 Å². The maximum Gasteiger partial charge on any atom is 0.165 e. The first-order valence-corrected chi connectivity index (χ1v) is 5.22. The number of rotatable bonds is 8. The standard InChI is InChI=1S/C12H15FO4/c1-15-5-6-16-7-8-17-12-10(9-14)3-2-4-11(12)13/h2-4,9H,5-8H2,1H3. The molecule has 1 aromatic rings. The van der Waals surface area contributed by atoms with E-state index in [0.717, 1.165) is 0 Å². The second-order valence-corrected chi connectivity index (χ2v) is 3.23. The largest absolute Gasteiger partial charge is 0.487 e. The van der Waals surface area contributed by atoms with Crippen molar-refractivity contribution in [2.45, 2.75) is 0 Å². The molecule has 0 saturated heterocycles. The summed E-state index contributed by atoms with van der Waals surface area (Å²) in [5.41, 5.74) is 0.196. The van der Waals surface area contributed by atoms with Crippen molar-refractivity contribution in [2.24, 2.45) is 0 Å². The van der Waals surface area contributed by atoms with Crippen LogP contribution >= 0.6 is 0 Å². The minimum atomic E-state index is -0.550. The maximum atomic E-state index is 13.3. The Morgan fingerprint density at radius 1 is 1.24 bits per heavy atom. The van der Waals surface area contributed by atoms with Crippen molar-refractivity contribution in [3.63, 3.8) is 0 Å². The molecule has 5 heteroatoms. The third-order valence-electron chi connectivity index (χ3n) is 2.03. The van der Waals surface area contributed by atoms with Crippen LogP contribution in [0.4, 0.5) is 4.39 Å².